The number of halogens is 1. The summed E-state index contributed by atoms with van der Waals surface area (Å²) in [5.74, 6) is 0.306. The van der Waals surface area contributed by atoms with Gasteiger partial charge in [-0.1, -0.05) is 32.9 Å². The fraction of sp³-hybridized carbons (Fsp3) is 0.312. The SMILES string of the molecule is Cc1nc(NS(=O)(=O)c2ccc(C(C)(C)C)cc2)ccc1Br. The van der Waals surface area contributed by atoms with Crippen molar-refractivity contribution >= 4 is 31.8 Å². The molecule has 0 spiro atoms. The van der Waals surface area contributed by atoms with Crippen molar-refractivity contribution in [3.05, 3.63) is 52.1 Å². The minimum absolute atomic E-state index is 0.0138. The maximum atomic E-state index is 12.4. The van der Waals surface area contributed by atoms with E-state index < -0.39 is 10.0 Å². The summed E-state index contributed by atoms with van der Waals surface area (Å²) in [7, 11) is -3.63. The number of hydrogen-bond acceptors (Lipinski definition) is 3. The van der Waals surface area contributed by atoms with Gasteiger partial charge in [0, 0.05) is 4.47 Å². The first-order chi connectivity index (χ1) is 10.1. The Balaban J connectivity index is 2.28. The predicted octanol–water partition coefficient (Wildman–Crippen LogP) is 4.25. The van der Waals surface area contributed by atoms with Crippen molar-refractivity contribution in [2.24, 2.45) is 0 Å². The molecule has 22 heavy (non-hydrogen) atoms. The van der Waals surface area contributed by atoms with Crippen molar-refractivity contribution in [3.63, 3.8) is 0 Å². The normalized spacial score (nSPS) is 12.2. The maximum Gasteiger partial charge on any atom is 0.263 e. The van der Waals surface area contributed by atoms with Gasteiger partial charge in [0.15, 0.2) is 0 Å². The molecule has 1 aromatic carbocycles. The molecule has 0 fully saturated rings. The van der Waals surface area contributed by atoms with Crippen LogP contribution >= 0.6 is 15.9 Å². The second-order valence-corrected chi connectivity index (χ2v) is 8.68. The highest BCUT2D eigenvalue weighted by Gasteiger charge is 2.18. The lowest BCUT2D eigenvalue weighted by molar-refractivity contribution is 0.587. The summed E-state index contributed by atoms with van der Waals surface area (Å²) in [5, 5.41) is 0. The molecule has 0 radical (unpaired) electrons. The molecule has 0 atom stereocenters. The number of pyridine rings is 1. The van der Waals surface area contributed by atoms with E-state index in [9.17, 15) is 8.42 Å². The summed E-state index contributed by atoms with van der Waals surface area (Å²) in [5.41, 5.74) is 1.80. The summed E-state index contributed by atoms with van der Waals surface area (Å²) < 4.78 is 28.1. The molecule has 118 valence electrons. The van der Waals surface area contributed by atoms with E-state index in [0.29, 0.717) is 5.82 Å². The summed E-state index contributed by atoms with van der Waals surface area (Å²) in [4.78, 5) is 4.43. The standard InChI is InChI=1S/C16H19BrN2O2S/c1-11-14(17)9-10-15(18-11)19-22(20,21)13-7-5-12(6-8-13)16(2,3)4/h5-10H,1-4H3,(H,18,19). The molecular weight excluding hydrogens is 364 g/mol. The maximum absolute atomic E-state index is 12.4. The topological polar surface area (TPSA) is 59.1 Å². The van der Waals surface area contributed by atoms with E-state index in [1.165, 1.54) is 0 Å². The van der Waals surface area contributed by atoms with Crippen molar-refractivity contribution in [1.82, 2.24) is 4.98 Å². The van der Waals surface area contributed by atoms with Crippen molar-refractivity contribution in [2.75, 3.05) is 4.72 Å². The Bertz CT molecular complexity index is 779. The number of benzene rings is 1. The number of rotatable bonds is 3. The number of nitrogens with one attached hydrogen (secondary N) is 1. The van der Waals surface area contributed by atoms with E-state index in [2.05, 4.69) is 46.4 Å². The highest BCUT2D eigenvalue weighted by atomic mass is 79.9. The monoisotopic (exact) mass is 382 g/mol. The number of aryl methyl sites for hydroxylation is 1. The van der Waals surface area contributed by atoms with Gasteiger partial charge in [0.1, 0.15) is 5.82 Å². The molecule has 6 heteroatoms. The first-order valence-electron chi connectivity index (χ1n) is 6.86. The Labute approximate surface area is 140 Å². The first-order valence-corrected chi connectivity index (χ1v) is 9.14. The third-order valence-corrected chi connectivity index (χ3v) is 5.50. The average molecular weight is 383 g/mol. The van der Waals surface area contributed by atoms with Crippen molar-refractivity contribution in [2.45, 2.75) is 38.0 Å². The Morgan fingerprint density at radius 2 is 1.64 bits per heavy atom. The number of nitrogens with zero attached hydrogens (tertiary/aromatic N) is 1. The fourth-order valence-electron chi connectivity index (χ4n) is 1.93. The summed E-state index contributed by atoms with van der Waals surface area (Å²) in [6.07, 6.45) is 0. The van der Waals surface area contributed by atoms with Gasteiger partial charge in [-0.3, -0.25) is 4.72 Å². The molecule has 0 aliphatic heterocycles. The van der Waals surface area contributed by atoms with Crippen LogP contribution in [0.25, 0.3) is 0 Å². The smallest absolute Gasteiger partial charge is 0.263 e. The van der Waals surface area contributed by atoms with E-state index >= 15 is 0 Å². The molecule has 2 aromatic rings. The number of sulfonamides is 1. The molecule has 1 aromatic heterocycles. The van der Waals surface area contributed by atoms with Gasteiger partial charge in [-0.2, -0.15) is 0 Å². The molecule has 1 heterocycles. The lowest BCUT2D eigenvalue weighted by Crippen LogP contribution is -2.15. The molecule has 0 bridgehead atoms. The zero-order chi connectivity index (χ0) is 16.5. The van der Waals surface area contributed by atoms with Gasteiger partial charge in [0.25, 0.3) is 10.0 Å². The number of aromatic nitrogens is 1. The Kier molecular flexibility index (Phi) is 4.63. The lowest BCUT2D eigenvalue weighted by atomic mass is 9.87. The highest BCUT2D eigenvalue weighted by molar-refractivity contribution is 9.10. The second-order valence-electron chi connectivity index (χ2n) is 6.14. The summed E-state index contributed by atoms with van der Waals surface area (Å²) >= 11 is 3.34. The van der Waals surface area contributed by atoms with Crippen LogP contribution in [0.5, 0.6) is 0 Å². The Hall–Kier alpha value is -1.40. The van der Waals surface area contributed by atoms with Crippen LogP contribution in [0.15, 0.2) is 45.8 Å². The van der Waals surface area contributed by atoms with Gasteiger partial charge in [0.2, 0.25) is 0 Å². The van der Waals surface area contributed by atoms with E-state index in [4.69, 9.17) is 0 Å². The summed E-state index contributed by atoms with van der Waals surface area (Å²) in [6, 6.07) is 10.3. The lowest BCUT2D eigenvalue weighted by Gasteiger charge is -2.19. The van der Waals surface area contributed by atoms with Gasteiger partial charge in [-0.05, 0) is 58.1 Å². The van der Waals surface area contributed by atoms with Crippen molar-refractivity contribution in [3.8, 4) is 0 Å². The van der Waals surface area contributed by atoms with Crippen LogP contribution < -0.4 is 4.72 Å². The summed E-state index contributed by atoms with van der Waals surface area (Å²) in [6.45, 7) is 8.07. The zero-order valence-corrected chi connectivity index (χ0v) is 15.4. The second kappa shape index (κ2) is 6.01. The van der Waals surface area contributed by atoms with Gasteiger partial charge in [-0.25, -0.2) is 13.4 Å². The van der Waals surface area contributed by atoms with Crippen LogP contribution in [0, 0.1) is 6.92 Å². The van der Waals surface area contributed by atoms with Gasteiger partial charge < -0.3 is 0 Å². The molecule has 0 saturated carbocycles. The third kappa shape index (κ3) is 3.87. The van der Waals surface area contributed by atoms with Crippen LogP contribution in [0.3, 0.4) is 0 Å². The Morgan fingerprint density at radius 1 is 1.05 bits per heavy atom. The molecular formula is C16H19BrN2O2S. The number of hydrogen-bond donors (Lipinski definition) is 1. The van der Waals surface area contributed by atoms with Crippen LogP contribution in [-0.2, 0) is 15.4 Å². The van der Waals surface area contributed by atoms with E-state index in [1.807, 2.05) is 12.1 Å². The molecule has 0 aliphatic rings. The van der Waals surface area contributed by atoms with E-state index in [1.54, 1.807) is 31.2 Å². The quantitative estimate of drug-likeness (QED) is 0.862. The van der Waals surface area contributed by atoms with Gasteiger partial charge >= 0.3 is 0 Å². The molecule has 0 amide bonds. The highest BCUT2D eigenvalue weighted by Crippen LogP contribution is 2.24. The minimum Gasteiger partial charge on any atom is -0.263 e. The van der Waals surface area contributed by atoms with Crippen LogP contribution in [-0.4, -0.2) is 13.4 Å². The van der Waals surface area contributed by atoms with Gasteiger partial charge in [-0.15, -0.1) is 0 Å². The van der Waals surface area contributed by atoms with Crippen molar-refractivity contribution < 1.29 is 8.42 Å². The van der Waals surface area contributed by atoms with E-state index in [0.717, 1.165) is 15.7 Å². The third-order valence-electron chi connectivity index (χ3n) is 3.29. The minimum atomic E-state index is -3.63. The number of anilines is 1. The largest absolute Gasteiger partial charge is 0.263 e. The Morgan fingerprint density at radius 3 is 2.14 bits per heavy atom. The van der Waals surface area contributed by atoms with E-state index in [-0.39, 0.29) is 10.3 Å². The molecule has 0 saturated heterocycles. The average Bonchev–Trinajstić information content (AvgIpc) is 2.42. The van der Waals surface area contributed by atoms with Crippen LogP contribution in [0.1, 0.15) is 32.0 Å². The van der Waals surface area contributed by atoms with Crippen LogP contribution in [0.4, 0.5) is 5.82 Å². The molecule has 0 unspecified atom stereocenters. The first kappa shape index (κ1) is 17.0. The van der Waals surface area contributed by atoms with Gasteiger partial charge in [0.05, 0.1) is 10.6 Å². The van der Waals surface area contributed by atoms with Crippen molar-refractivity contribution in [1.29, 1.82) is 0 Å². The molecule has 4 nitrogen and oxygen atoms in total. The zero-order valence-electron chi connectivity index (χ0n) is 13.0. The molecule has 2 rings (SSSR count). The van der Waals surface area contributed by atoms with Crippen LogP contribution in [0.2, 0.25) is 0 Å². The molecule has 0 aliphatic carbocycles. The predicted molar refractivity (Wildman–Crippen MR) is 92.6 cm³/mol. The fourth-order valence-corrected chi connectivity index (χ4v) is 3.15. The molecule has 1 N–H and O–H groups in total.